The Labute approximate surface area is 359 Å². The molecule has 0 radical (unpaired) electrons. The first-order valence-electron chi connectivity index (χ1n) is 21.7. The molecule has 0 saturated carbocycles. The number of phosphoric acid groups is 2. The maximum atomic E-state index is 12.6. The number of aliphatic hydroxyl groups is 2. The number of rotatable bonds is 40. The van der Waals surface area contributed by atoms with Crippen molar-refractivity contribution >= 4 is 27.6 Å². The van der Waals surface area contributed by atoms with E-state index < -0.39 is 72.3 Å². The predicted molar refractivity (Wildman–Crippen MR) is 236 cm³/mol. The molecule has 0 aromatic rings. The van der Waals surface area contributed by atoms with Gasteiger partial charge in [0.05, 0.1) is 25.9 Å². The van der Waals surface area contributed by atoms with Crippen molar-refractivity contribution in [1.29, 1.82) is 0 Å². The van der Waals surface area contributed by atoms with Crippen LogP contribution in [-0.2, 0) is 41.8 Å². The van der Waals surface area contributed by atoms with Crippen LogP contribution in [-0.4, -0.2) is 81.6 Å². The summed E-state index contributed by atoms with van der Waals surface area (Å²) < 4.78 is 47.6. The molecule has 0 aliphatic rings. The van der Waals surface area contributed by atoms with E-state index in [2.05, 4.69) is 59.4 Å². The first-order chi connectivity index (χ1) is 28.8. The second-order valence-corrected chi connectivity index (χ2v) is 17.1. The SMILES string of the molecule is CC/C=C/C/C=C/C=C/C(O)CCCCCCCC(=O)OC[C@H](COP(=O)(O)OC[C@@H](O)COP(=O)(O)O)OC(=O)CCC/C=C\C/C=C\C/C=C\CCCCCCCC. The van der Waals surface area contributed by atoms with Gasteiger partial charge in [0, 0.05) is 12.8 Å². The summed E-state index contributed by atoms with van der Waals surface area (Å²) in [6.45, 7) is 1.44. The van der Waals surface area contributed by atoms with E-state index in [1.807, 2.05) is 30.4 Å². The van der Waals surface area contributed by atoms with Gasteiger partial charge in [0.1, 0.15) is 12.7 Å². The predicted octanol–water partition coefficient (Wildman–Crippen LogP) is 9.98. The average molecular weight is 891 g/mol. The molecule has 0 bridgehead atoms. The summed E-state index contributed by atoms with van der Waals surface area (Å²) in [5, 5.41) is 19.9. The van der Waals surface area contributed by atoms with Gasteiger partial charge in [-0.15, -0.1) is 0 Å². The number of carbonyl (C=O) groups excluding carboxylic acids is 2. The zero-order valence-electron chi connectivity index (χ0n) is 36.1. The highest BCUT2D eigenvalue weighted by atomic mass is 31.2. The van der Waals surface area contributed by atoms with Gasteiger partial charge < -0.3 is 34.4 Å². The number of hydrogen-bond acceptors (Lipinski definition) is 11. The minimum absolute atomic E-state index is 0.0361. The summed E-state index contributed by atoms with van der Waals surface area (Å²) in [5.74, 6) is -1.17. The van der Waals surface area contributed by atoms with Gasteiger partial charge in [-0.1, -0.05) is 145 Å². The van der Waals surface area contributed by atoms with Gasteiger partial charge in [0.15, 0.2) is 6.10 Å². The number of unbranched alkanes of at least 4 members (excludes halogenated alkanes) is 11. The highest BCUT2D eigenvalue weighted by molar-refractivity contribution is 7.47. The Kier molecular flexibility index (Phi) is 37.7. The summed E-state index contributed by atoms with van der Waals surface area (Å²) in [6, 6.07) is 0. The summed E-state index contributed by atoms with van der Waals surface area (Å²) in [5.41, 5.74) is 0. The average Bonchev–Trinajstić information content (AvgIpc) is 3.20. The van der Waals surface area contributed by atoms with Crippen LogP contribution in [0.4, 0.5) is 0 Å². The van der Waals surface area contributed by atoms with E-state index in [1.54, 1.807) is 6.08 Å². The van der Waals surface area contributed by atoms with Crippen LogP contribution in [0.1, 0.15) is 149 Å². The van der Waals surface area contributed by atoms with Gasteiger partial charge >= 0.3 is 27.6 Å². The zero-order valence-corrected chi connectivity index (χ0v) is 37.9. The molecule has 0 aromatic carbocycles. The number of hydrogen-bond donors (Lipinski definition) is 5. The number of ether oxygens (including phenoxy) is 2. The lowest BCUT2D eigenvalue weighted by molar-refractivity contribution is -0.161. The molecule has 14 nitrogen and oxygen atoms in total. The molecular formula is C44H76O14P2. The van der Waals surface area contributed by atoms with Crippen LogP contribution in [0.2, 0.25) is 0 Å². The van der Waals surface area contributed by atoms with Crippen molar-refractivity contribution in [1.82, 2.24) is 0 Å². The van der Waals surface area contributed by atoms with E-state index in [9.17, 15) is 33.8 Å². The monoisotopic (exact) mass is 890 g/mol. The zero-order chi connectivity index (χ0) is 44.6. The van der Waals surface area contributed by atoms with E-state index >= 15 is 0 Å². The summed E-state index contributed by atoms with van der Waals surface area (Å²) in [4.78, 5) is 52.7. The maximum Gasteiger partial charge on any atom is 0.472 e. The molecule has 2 unspecified atom stereocenters. The van der Waals surface area contributed by atoms with Crippen molar-refractivity contribution < 1.29 is 66.7 Å². The second-order valence-electron chi connectivity index (χ2n) is 14.4. The van der Waals surface area contributed by atoms with Gasteiger partial charge in [0.2, 0.25) is 0 Å². The van der Waals surface area contributed by atoms with Crippen LogP contribution in [0, 0.1) is 0 Å². The second kappa shape index (κ2) is 39.4. The van der Waals surface area contributed by atoms with Crippen LogP contribution >= 0.6 is 15.6 Å². The Hall–Kier alpha value is -2.48. The molecular weight excluding hydrogens is 814 g/mol. The van der Waals surface area contributed by atoms with Gasteiger partial charge in [-0.05, 0) is 64.2 Å². The lowest BCUT2D eigenvalue weighted by Crippen LogP contribution is -2.29. The Morgan fingerprint density at radius 3 is 1.80 bits per heavy atom. The third-order valence-corrected chi connectivity index (χ3v) is 10.1. The number of esters is 2. The molecule has 60 heavy (non-hydrogen) atoms. The molecule has 0 spiro atoms. The molecule has 0 amide bonds. The standard InChI is InChI=1S/C44H76O14P2/c1-3-5-7-9-11-12-13-14-15-16-17-18-19-20-22-26-31-35-44(48)58-42(39-57-60(52,53)56-37-41(46)36-55-59(49,50)51)38-54-43(47)34-30-27-23-25-29-33-40(45)32-28-24-21-10-8-6-4-2/h6,8,14-15,17-18,20-22,24,28,32,40-42,45-46H,3-5,7,9-13,16,19,23,25-27,29-31,33-39H2,1-2H3,(H,52,53)(H2,49,50,51)/b8-6+,15-14-,18-17-,22-20-,24-21+,32-28+/t40?,41-,42+/m0/s1. The Morgan fingerprint density at radius 2 is 1.12 bits per heavy atom. The van der Waals surface area contributed by atoms with Crippen molar-refractivity contribution in [3.63, 3.8) is 0 Å². The smallest absolute Gasteiger partial charge is 0.462 e. The van der Waals surface area contributed by atoms with Crippen molar-refractivity contribution in [3.8, 4) is 0 Å². The molecule has 0 rings (SSSR count). The normalized spacial score (nSPS) is 15.2. The van der Waals surface area contributed by atoms with Crippen molar-refractivity contribution in [2.75, 3.05) is 26.4 Å². The Morgan fingerprint density at radius 1 is 0.567 bits per heavy atom. The lowest BCUT2D eigenvalue weighted by Gasteiger charge is -2.20. The van der Waals surface area contributed by atoms with Gasteiger partial charge in [-0.25, -0.2) is 9.13 Å². The number of phosphoric ester groups is 2. The fourth-order valence-electron chi connectivity index (χ4n) is 5.37. The van der Waals surface area contributed by atoms with E-state index in [0.29, 0.717) is 25.7 Å². The minimum Gasteiger partial charge on any atom is -0.462 e. The highest BCUT2D eigenvalue weighted by Gasteiger charge is 2.28. The number of carbonyl (C=O) groups is 2. The van der Waals surface area contributed by atoms with Crippen molar-refractivity contribution in [2.24, 2.45) is 0 Å². The summed E-state index contributed by atoms with van der Waals surface area (Å²) >= 11 is 0. The van der Waals surface area contributed by atoms with Gasteiger partial charge in [0.25, 0.3) is 0 Å². The largest absolute Gasteiger partial charge is 0.472 e. The third kappa shape index (κ3) is 42.2. The highest BCUT2D eigenvalue weighted by Crippen LogP contribution is 2.43. The maximum absolute atomic E-state index is 12.6. The van der Waals surface area contributed by atoms with E-state index in [1.165, 1.54) is 38.5 Å². The Balaban J connectivity index is 4.70. The lowest BCUT2D eigenvalue weighted by atomic mass is 10.1. The van der Waals surface area contributed by atoms with Crippen LogP contribution in [0.5, 0.6) is 0 Å². The quantitative estimate of drug-likeness (QED) is 0.0127. The van der Waals surface area contributed by atoms with Crippen LogP contribution in [0.15, 0.2) is 72.9 Å². The molecule has 0 aromatic heterocycles. The third-order valence-electron chi connectivity index (χ3n) is 8.67. The van der Waals surface area contributed by atoms with Gasteiger partial charge in [-0.3, -0.25) is 23.2 Å². The fourth-order valence-corrected chi connectivity index (χ4v) is 6.53. The van der Waals surface area contributed by atoms with Crippen LogP contribution in [0.3, 0.4) is 0 Å². The molecule has 0 fully saturated rings. The molecule has 0 aliphatic heterocycles. The number of aliphatic hydroxyl groups excluding tert-OH is 2. The fraction of sp³-hybridized carbons (Fsp3) is 0.682. The van der Waals surface area contributed by atoms with E-state index in [0.717, 1.165) is 57.8 Å². The molecule has 4 atom stereocenters. The van der Waals surface area contributed by atoms with Crippen molar-refractivity contribution in [2.45, 2.75) is 167 Å². The van der Waals surface area contributed by atoms with Gasteiger partial charge in [-0.2, -0.15) is 0 Å². The molecule has 0 heterocycles. The molecule has 0 saturated heterocycles. The summed E-state index contributed by atoms with van der Waals surface area (Å²) in [7, 11) is -9.73. The van der Waals surface area contributed by atoms with E-state index in [-0.39, 0.29) is 12.8 Å². The molecule has 5 N–H and O–H groups in total. The first-order valence-corrected chi connectivity index (χ1v) is 24.8. The molecule has 0 aliphatic carbocycles. The minimum atomic E-state index is -4.88. The molecule has 16 heteroatoms. The van der Waals surface area contributed by atoms with Crippen LogP contribution in [0.25, 0.3) is 0 Å². The Bertz CT molecular complexity index is 1350. The molecule has 346 valence electrons. The van der Waals surface area contributed by atoms with Crippen molar-refractivity contribution in [3.05, 3.63) is 72.9 Å². The summed E-state index contributed by atoms with van der Waals surface area (Å²) in [6.07, 6.45) is 39.2. The number of allylic oxidation sites excluding steroid dienone is 11. The topological polar surface area (TPSA) is 216 Å². The van der Waals surface area contributed by atoms with Crippen LogP contribution < -0.4 is 0 Å². The van der Waals surface area contributed by atoms with E-state index in [4.69, 9.17) is 23.8 Å². The first kappa shape index (κ1) is 57.5.